The van der Waals surface area contributed by atoms with Crippen LogP contribution in [-0.2, 0) is 11.2 Å². The summed E-state index contributed by atoms with van der Waals surface area (Å²) >= 11 is 0. The van der Waals surface area contributed by atoms with Crippen LogP contribution >= 0.6 is 0 Å². The predicted octanol–water partition coefficient (Wildman–Crippen LogP) is 3.80. The molecule has 0 aromatic heterocycles. The molecule has 114 valence electrons. The molecule has 1 rings (SSSR count). The maximum absolute atomic E-state index is 13.8. The Kier molecular flexibility index (Phi) is 8.47. The Morgan fingerprint density at radius 3 is 2.60 bits per heavy atom. The van der Waals surface area contributed by atoms with Crippen LogP contribution in [0.5, 0.6) is 0 Å². The van der Waals surface area contributed by atoms with E-state index in [1.54, 1.807) is 19.2 Å². The lowest BCUT2D eigenvalue weighted by Gasteiger charge is -2.19. The van der Waals surface area contributed by atoms with Crippen molar-refractivity contribution in [1.29, 1.82) is 0 Å². The number of hydrogen-bond donors (Lipinski definition) is 1. The minimum Gasteiger partial charge on any atom is -0.385 e. The fourth-order valence-corrected chi connectivity index (χ4v) is 2.33. The predicted molar refractivity (Wildman–Crippen MR) is 82.5 cm³/mol. The third kappa shape index (κ3) is 7.01. The summed E-state index contributed by atoms with van der Waals surface area (Å²) in [5.41, 5.74) is 0.829. The Hall–Kier alpha value is -0.930. The van der Waals surface area contributed by atoms with Gasteiger partial charge in [-0.05, 0) is 43.4 Å². The summed E-state index contributed by atoms with van der Waals surface area (Å²) in [5.74, 6) is 0.394. The van der Waals surface area contributed by atoms with Crippen LogP contribution in [0.4, 0.5) is 4.39 Å². The molecule has 1 N–H and O–H groups in total. The van der Waals surface area contributed by atoms with Crippen molar-refractivity contribution in [3.8, 4) is 0 Å². The Bertz CT molecular complexity index is 368. The van der Waals surface area contributed by atoms with Crippen LogP contribution < -0.4 is 5.32 Å². The highest BCUT2D eigenvalue weighted by atomic mass is 19.1. The summed E-state index contributed by atoms with van der Waals surface area (Å²) in [6.45, 7) is 6.04. The van der Waals surface area contributed by atoms with Crippen molar-refractivity contribution >= 4 is 0 Å². The summed E-state index contributed by atoms with van der Waals surface area (Å²) in [6, 6.07) is 7.58. The van der Waals surface area contributed by atoms with Gasteiger partial charge in [0, 0.05) is 19.8 Å². The second-order valence-electron chi connectivity index (χ2n) is 5.71. The second kappa shape index (κ2) is 9.89. The Morgan fingerprint density at radius 2 is 1.95 bits per heavy atom. The van der Waals surface area contributed by atoms with E-state index in [0.29, 0.717) is 12.0 Å². The Balaban J connectivity index is 2.50. The fraction of sp³-hybridized carbons (Fsp3) is 0.647. The van der Waals surface area contributed by atoms with E-state index in [0.717, 1.165) is 44.4 Å². The van der Waals surface area contributed by atoms with E-state index in [9.17, 15) is 4.39 Å². The largest absolute Gasteiger partial charge is 0.385 e. The number of benzene rings is 1. The lowest BCUT2D eigenvalue weighted by Crippen LogP contribution is -2.30. The van der Waals surface area contributed by atoms with Gasteiger partial charge in [-0.2, -0.15) is 0 Å². The van der Waals surface area contributed by atoms with E-state index in [-0.39, 0.29) is 5.82 Å². The number of methoxy groups -OCH3 is 1. The van der Waals surface area contributed by atoms with Crippen molar-refractivity contribution in [1.82, 2.24) is 5.32 Å². The highest BCUT2D eigenvalue weighted by Crippen LogP contribution is 2.17. The number of rotatable bonds is 10. The molecule has 0 aliphatic heterocycles. The number of halogens is 1. The summed E-state index contributed by atoms with van der Waals surface area (Å²) in [5, 5.41) is 3.47. The topological polar surface area (TPSA) is 21.3 Å². The number of hydrogen-bond acceptors (Lipinski definition) is 2. The minimum atomic E-state index is -0.0843. The van der Waals surface area contributed by atoms with Gasteiger partial charge in [0.2, 0.25) is 0 Å². The molecular weight excluding hydrogens is 253 g/mol. The minimum absolute atomic E-state index is 0.0843. The molecule has 1 aromatic carbocycles. The molecule has 0 amide bonds. The molecule has 1 unspecified atom stereocenters. The number of unbranched alkanes of at least 4 members (excludes halogenated alkanes) is 1. The summed E-state index contributed by atoms with van der Waals surface area (Å²) in [6.07, 6.45) is 4.12. The lowest BCUT2D eigenvalue weighted by atomic mass is 9.93. The first-order valence-corrected chi connectivity index (χ1v) is 7.59. The molecule has 0 radical (unpaired) electrons. The van der Waals surface area contributed by atoms with Crippen LogP contribution in [0.25, 0.3) is 0 Å². The van der Waals surface area contributed by atoms with Crippen molar-refractivity contribution in [3.63, 3.8) is 0 Å². The van der Waals surface area contributed by atoms with Crippen LogP contribution in [0.3, 0.4) is 0 Å². The first-order valence-electron chi connectivity index (χ1n) is 7.59. The highest BCUT2D eigenvalue weighted by molar-refractivity contribution is 5.17. The van der Waals surface area contributed by atoms with Gasteiger partial charge in [0.25, 0.3) is 0 Å². The second-order valence-corrected chi connectivity index (χ2v) is 5.71. The maximum atomic E-state index is 13.8. The number of nitrogens with one attached hydrogen (secondary N) is 1. The molecule has 0 fully saturated rings. The Morgan fingerprint density at radius 1 is 1.20 bits per heavy atom. The molecule has 0 saturated heterocycles. The molecule has 3 heteroatoms. The first-order chi connectivity index (χ1) is 9.63. The normalized spacial score (nSPS) is 12.8. The van der Waals surface area contributed by atoms with Crippen LogP contribution in [0, 0.1) is 11.7 Å². The Labute approximate surface area is 122 Å². The van der Waals surface area contributed by atoms with E-state index in [1.807, 2.05) is 12.1 Å². The lowest BCUT2D eigenvalue weighted by molar-refractivity contribution is 0.190. The van der Waals surface area contributed by atoms with Gasteiger partial charge >= 0.3 is 0 Å². The van der Waals surface area contributed by atoms with Crippen LogP contribution in [0.15, 0.2) is 24.3 Å². The fourth-order valence-electron chi connectivity index (χ4n) is 2.33. The van der Waals surface area contributed by atoms with Crippen molar-refractivity contribution in [2.75, 3.05) is 20.3 Å². The van der Waals surface area contributed by atoms with Crippen LogP contribution in [0.2, 0.25) is 0 Å². The SMILES string of the molecule is COCCCCC(CNC(C)C)Cc1ccccc1F. The third-order valence-corrected chi connectivity index (χ3v) is 3.49. The van der Waals surface area contributed by atoms with Gasteiger partial charge in [-0.25, -0.2) is 4.39 Å². The van der Waals surface area contributed by atoms with Crippen molar-refractivity contribution in [2.45, 2.75) is 45.6 Å². The maximum Gasteiger partial charge on any atom is 0.126 e. The molecule has 2 nitrogen and oxygen atoms in total. The standard InChI is InChI=1S/C17H28FNO/c1-14(2)19-13-15(8-6-7-11-20-3)12-16-9-4-5-10-17(16)18/h4-5,9-10,14-15,19H,6-8,11-13H2,1-3H3. The molecule has 1 atom stereocenters. The van der Waals surface area contributed by atoms with Gasteiger partial charge in [0.1, 0.15) is 5.82 Å². The van der Waals surface area contributed by atoms with E-state index in [1.165, 1.54) is 0 Å². The van der Waals surface area contributed by atoms with E-state index >= 15 is 0 Å². The van der Waals surface area contributed by atoms with Crippen LogP contribution in [0.1, 0.15) is 38.7 Å². The van der Waals surface area contributed by atoms with E-state index in [2.05, 4.69) is 19.2 Å². The molecule has 0 saturated carbocycles. The molecular formula is C17H28FNO. The van der Waals surface area contributed by atoms with Gasteiger partial charge in [0.15, 0.2) is 0 Å². The van der Waals surface area contributed by atoms with Gasteiger partial charge < -0.3 is 10.1 Å². The average molecular weight is 281 g/mol. The van der Waals surface area contributed by atoms with Gasteiger partial charge in [-0.3, -0.25) is 0 Å². The summed E-state index contributed by atoms with van der Waals surface area (Å²) in [4.78, 5) is 0. The van der Waals surface area contributed by atoms with Crippen LogP contribution in [-0.4, -0.2) is 26.3 Å². The molecule has 0 spiro atoms. The van der Waals surface area contributed by atoms with Crippen molar-refractivity contribution in [3.05, 3.63) is 35.6 Å². The van der Waals surface area contributed by atoms with Gasteiger partial charge in [0.05, 0.1) is 0 Å². The van der Waals surface area contributed by atoms with E-state index < -0.39 is 0 Å². The summed E-state index contributed by atoms with van der Waals surface area (Å²) in [7, 11) is 1.73. The van der Waals surface area contributed by atoms with Gasteiger partial charge in [-0.1, -0.05) is 38.5 Å². The zero-order valence-corrected chi connectivity index (χ0v) is 13.0. The van der Waals surface area contributed by atoms with Crippen molar-refractivity contribution in [2.24, 2.45) is 5.92 Å². The monoisotopic (exact) mass is 281 g/mol. The summed E-state index contributed by atoms with van der Waals surface area (Å²) < 4.78 is 18.8. The molecule has 0 bridgehead atoms. The van der Waals surface area contributed by atoms with Gasteiger partial charge in [-0.15, -0.1) is 0 Å². The average Bonchev–Trinajstić information content (AvgIpc) is 2.42. The zero-order chi connectivity index (χ0) is 14.8. The quantitative estimate of drug-likeness (QED) is 0.659. The zero-order valence-electron chi connectivity index (χ0n) is 13.0. The highest BCUT2D eigenvalue weighted by Gasteiger charge is 2.12. The van der Waals surface area contributed by atoms with Crippen molar-refractivity contribution < 1.29 is 9.13 Å². The van der Waals surface area contributed by atoms with E-state index in [4.69, 9.17) is 4.74 Å². The molecule has 1 aromatic rings. The molecule has 20 heavy (non-hydrogen) atoms. The molecule has 0 aliphatic carbocycles. The number of ether oxygens (including phenoxy) is 1. The third-order valence-electron chi connectivity index (χ3n) is 3.49. The molecule has 0 aliphatic rings. The smallest absolute Gasteiger partial charge is 0.126 e. The first kappa shape index (κ1) is 17.1. The molecule has 0 heterocycles.